The van der Waals surface area contributed by atoms with Gasteiger partial charge >= 0.3 is 5.82 Å². The monoisotopic (exact) mass is 477 g/mol. The summed E-state index contributed by atoms with van der Waals surface area (Å²) in [7, 11) is 0. The third-order valence-corrected chi connectivity index (χ3v) is 5.57. The number of hydrogen-bond donors (Lipinski definition) is 0. The van der Waals surface area contributed by atoms with Crippen LogP contribution in [0, 0.1) is 20.8 Å². The lowest BCUT2D eigenvalue weighted by Crippen LogP contribution is -3.00. The third kappa shape index (κ3) is 4.21. The summed E-state index contributed by atoms with van der Waals surface area (Å²) in [4.78, 5) is 0. The molecular weight excluding hydrogens is 460 g/mol. The van der Waals surface area contributed by atoms with Gasteiger partial charge in [-0.25, -0.2) is 0 Å². The van der Waals surface area contributed by atoms with Crippen molar-refractivity contribution in [2.45, 2.75) is 20.8 Å². The Morgan fingerprint density at radius 1 is 0.833 bits per heavy atom. The Hall–Kier alpha value is -2.04. The van der Waals surface area contributed by atoms with Gasteiger partial charge < -0.3 is 12.4 Å². The Morgan fingerprint density at radius 3 is 1.97 bits per heavy atom. The van der Waals surface area contributed by atoms with E-state index in [0.29, 0.717) is 20.8 Å². The van der Waals surface area contributed by atoms with Crippen molar-refractivity contribution in [3.63, 3.8) is 0 Å². The quantitative estimate of drug-likeness (QED) is 0.411. The Kier molecular flexibility index (Phi) is 6.78. The van der Waals surface area contributed by atoms with E-state index in [1.54, 1.807) is 16.8 Å². The first-order valence-corrected chi connectivity index (χ1v) is 10.3. The third-order valence-electron chi connectivity index (χ3n) is 4.77. The fraction of sp³-hybridized carbons (Fsp3) is 0.130. The van der Waals surface area contributed by atoms with Crippen LogP contribution in [0.3, 0.4) is 0 Å². The molecule has 0 unspecified atom stereocenters. The van der Waals surface area contributed by atoms with E-state index in [9.17, 15) is 0 Å². The summed E-state index contributed by atoms with van der Waals surface area (Å²) in [5.74, 6) is 0.794. The van der Waals surface area contributed by atoms with Gasteiger partial charge in [-0.15, -0.1) is 0 Å². The van der Waals surface area contributed by atoms with Crippen molar-refractivity contribution in [1.29, 1.82) is 0 Å². The van der Waals surface area contributed by atoms with Crippen LogP contribution < -0.4 is 17.0 Å². The zero-order valence-corrected chi connectivity index (χ0v) is 19.7. The van der Waals surface area contributed by atoms with Gasteiger partial charge in [0.15, 0.2) is 5.69 Å². The molecule has 0 aliphatic rings. The van der Waals surface area contributed by atoms with Crippen molar-refractivity contribution < 1.29 is 17.0 Å². The standard InChI is InChI=1S/C23H19Cl3N3.ClH/c1-14-9-15(2)21(16(3)10-14)28-13-29(22-19(25)11-18(24)12-20(22)26)27-23(28)17-7-5-4-6-8-17;/h4-13H,1-3H3;1H/q+1;/p-1. The molecule has 0 aliphatic carbocycles. The molecule has 0 radical (unpaired) electrons. The first-order chi connectivity index (χ1) is 13.8. The van der Waals surface area contributed by atoms with Gasteiger partial charge in [-0.3, -0.25) is 0 Å². The van der Waals surface area contributed by atoms with Gasteiger partial charge in [0.05, 0.1) is 20.7 Å². The van der Waals surface area contributed by atoms with E-state index in [1.807, 2.05) is 36.7 Å². The van der Waals surface area contributed by atoms with Crippen LogP contribution in [0.1, 0.15) is 16.7 Å². The number of aromatic nitrogens is 3. The van der Waals surface area contributed by atoms with E-state index in [2.05, 4.69) is 37.5 Å². The molecule has 0 saturated carbocycles. The van der Waals surface area contributed by atoms with Crippen molar-refractivity contribution >= 4 is 34.8 Å². The lowest BCUT2D eigenvalue weighted by atomic mass is 10.0. The molecule has 30 heavy (non-hydrogen) atoms. The number of rotatable bonds is 3. The molecule has 0 aliphatic heterocycles. The topological polar surface area (TPSA) is 21.7 Å². The van der Waals surface area contributed by atoms with Crippen molar-refractivity contribution in [2.75, 3.05) is 0 Å². The van der Waals surface area contributed by atoms with E-state index in [-0.39, 0.29) is 12.4 Å². The maximum atomic E-state index is 6.47. The highest BCUT2D eigenvalue weighted by molar-refractivity contribution is 6.40. The van der Waals surface area contributed by atoms with E-state index >= 15 is 0 Å². The average Bonchev–Trinajstić information content (AvgIpc) is 3.05. The number of nitrogens with zero attached hydrogens (tertiary/aromatic N) is 3. The summed E-state index contributed by atoms with van der Waals surface area (Å²) in [6.07, 6.45) is 1.91. The molecule has 0 saturated heterocycles. The van der Waals surface area contributed by atoms with E-state index in [1.165, 1.54) is 5.56 Å². The van der Waals surface area contributed by atoms with Crippen LogP contribution in [0.15, 0.2) is 60.9 Å². The number of aryl methyl sites for hydroxylation is 3. The highest BCUT2D eigenvalue weighted by Crippen LogP contribution is 2.32. The molecule has 0 N–H and O–H groups in total. The second-order valence-corrected chi connectivity index (χ2v) is 8.34. The maximum Gasteiger partial charge on any atom is 0.314 e. The summed E-state index contributed by atoms with van der Waals surface area (Å²) >= 11 is 19.0. The number of hydrogen-bond acceptors (Lipinski definition) is 1. The second-order valence-electron chi connectivity index (χ2n) is 7.09. The zero-order valence-electron chi connectivity index (χ0n) is 16.6. The molecule has 154 valence electrons. The molecule has 1 heterocycles. The first kappa shape index (κ1) is 22.6. The van der Waals surface area contributed by atoms with E-state index < -0.39 is 0 Å². The minimum Gasteiger partial charge on any atom is -1.00 e. The first-order valence-electron chi connectivity index (χ1n) is 9.15. The average molecular weight is 479 g/mol. The molecule has 4 aromatic rings. The Bertz CT molecular complexity index is 1170. The van der Waals surface area contributed by atoms with Crippen LogP contribution in [0.2, 0.25) is 15.1 Å². The molecule has 3 aromatic carbocycles. The molecular formula is C23H19Cl4N3. The molecule has 4 rings (SSSR count). The zero-order chi connectivity index (χ0) is 20.7. The highest BCUT2D eigenvalue weighted by Gasteiger charge is 2.26. The van der Waals surface area contributed by atoms with Crippen molar-refractivity contribution in [3.8, 4) is 22.8 Å². The van der Waals surface area contributed by atoms with Gasteiger partial charge in [-0.1, -0.05) is 75.4 Å². The van der Waals surface area contributed by atoms with Gasteiger partial charge in [0.1, 0.15) is 5.69 Å². The van der Waals surface area contributed by atoms with Gasteiger partial charge in [0, 0.05) is 5.02 Å². The summed E-state index contributed by atoms with van der Waals surface area (Å²) in [6.45, 7) is 6.32. The van der Waals surface area contributed by atoms with Crippen molar-refractivity contribution in [2.24, 2.45) is 0 Å². The molecule has 0 bridgehead atoms. The van der Waals surface area contributed by atoms with Crippen LogP contribution in [0.25, 0.3) is 22.8 Å². The highest BCUT2D eigenvalue weighted by atomic mass is 35.5. The Morgan fingerprint density at radius 2 is 1.40 bits per heavy atom. The maximum absolute atomic E-state index is 6.47. The van der Waals surface area contributed by atoms with Crippen LogP contribution in [-0.2, 0) is 0 Å². The van der Waals surface area contributed by atoms with E-state index in [4.69, 9.17) is 39.9 Å². The summed E-state index contributed by atoms with van der Waals surface area (Å²) in [5.41, 5.74) is 6.22. The largest absolute Gasteiger partial charge is 1.00 e. The summed E-state index contributed by atoms with van der Waals surface area (Å²) in [6, 6.07) is 17.7. The van der Waals surface area contributed by atoms with Crippen LogP contribution in [0.5, 0.6) is 0 Å². The second kappa shape index (κ2) is 8.99. The SMILES string of the molecule is Cc1cc(C)c(-[n+]2cn(-c3c(Cl)cc(Cl)cc3Cl)nc2-c2ccccc2)c(C)c1.[Cl-]. The minimum absolute atomic E-state index is 0. The summed E-state index contributed by atoms with van der Waals surface area (Å²) < 4.78 is 3.79. The Balaban J connectivity index is 0.00000256. The Labute approximate surface area is 197 Å². The predicted molar refractivity (Wildman–Crippen MR) is 120 cm³/mol. The molecule has 3 nitrogen and oxygen atoms in total. The van der Waals surface area contributed by atoms with Crippen LogP contribution >= 0.6 is 34.8 Å². The minimum atomic E-state index is 0. The van der Waals surface area contributed by atoms with Gasteiger partial charge in [-0.05, 0) is 56.2 Å². The van der Waals surface area contributed by atoms with Gasteiger partial charge in [-0.2, -0.15) is 4.57 Å². The molecule has 0 atom stereocenters. The van der Waals surface area contributed by atoms with Crippen LogP contribution in [0.4, 0.5) is 0 Å². The molecule has 0 spiro atoms. The van der Waals surface area contributed by atoms with Crippen molar-refractivity contribution in [3.05, 3.63) is 92.7 Å². The fourth-order valence-electron chi connectivity index (χ4n) is 3.70. The van der Waals surface area contributed by atoms with Gasteiger partial charge in [0.25, 0.3) is 0 Å². The van der Waals surface area contributed by atoms with Gasteiger partial charge in [0.2, 0.25) is 6.33 Å². The molecule has 0 amide bonds. The number of benzene rings is 3. The normalized spacial score (nSPS) is 10.7. The molecule has 1 aromatic heterocycles. The lowest BCUT2D eigenvalue weighted by molar-refractivity contribution is -0.585. The smallest absolute Gasteiger partial charge is 0.314 e. The van der Waals surface area contributed by atoms with E-state index in [0.717, 1.165) is 28.2 Å². The summed E-state index contributed by atoms with van der Waals surface area (Å²) in [5, 5.41) is 6.21. The number of halogens is 4. The van der Waals surface area contributed by atoms with Crippen molar-refractivity contribution in [1.82, 2.24) is 9.78 Å². The molecule has 0 fully saturated rings. The molecule has 7 heteroatoms. The van der Waals surface area contributed by atoms with Crippen LogP contribution in [-0.4, -0.2) is 9.78 Å². The fourth-order valence-corrected chi connectivity index (χ4v) is 4.69. The predicted octanol–water partition coefficient (Wildman–Crippen LogP) is 3.71. The lowest BCUT2D eigenvalue weighted by Gasteiger charge is -2.09.